The molecule has 2 heterocycles. The topological polar surface area (TPSA) is 84.5 Å². The number of ether oxygens (including phenoxy) is 6. The summed E-state index contributed by atoms with van der Waals surface area (Å²) in [5.74, 6) is -3.71. The average molecular weight is 554 g/mol. The molecular weight excluding hydrogens is 524 g/mol. The second kappa shape index (κ2) is 10.1. The van der Waals surface area contributed by atoms with Gasteiger partial charge in [0.05, 0.1) is 39.9 Å². The molecule has 6 rings (SSSR count). The van der Waals surface area contributed by atoms with Crippen molar-refractivity contribution in [2.45, 2.75) is 24.3 Å². The minimum Gasteiger partial charge on any atom is -0.497 e. The number of benzene rings is 3. The number of hydrogen-bond acceptors (Lipinski definition) is 7. The molecule has 1 aliphatic carbocycles. The molecule has 0 radical (unpaired) electrons. The first-order valence-corrected chi connectivity index (χ1v) is 12.9. The average Bonchev–Trinajstić information content (AvgIpc) is 3.27. The van der Waals surface area contributed by atoms with Gasteiger partial charge < -0.3 is 33.7 Å². The van der Waals surface area contributed by atoms with Gasteiger partial charge in [-0.25, -0.2) is 8.78 Å². The lowest BCUT2D eigenvalue weighted by molar-refractivity contribution is -0.125. The van der Waals surface area contributed by atoms with Crippen LogP contribution in [0.25, 0.3) is 0 Å². The van der Waals surface area contributed by atoms with E-state index >= 15 is 8.78 Å². The molecule has 8 nitrogen and oxygen atoms in total. The van der Waals surface area contributed by atoms with Gasteiger partial charge in [-0.05, 0) is 60.0 Å². The van der Waals surface area contributed by atoms with E-state index < -0.39 is 29.7 Å². The van der Waals surface area contributed by atoms with E-state index in [0.29, 0.717) is 52.0 Å². The van der Waals surface area contributed by atoms with Gasteiger partial charge in [0.15, 0.2) is 23.0 Å². The third-order valence-electron chi connectivity index (χ3n) is 7.81. The molecule has 4 atom stereocenters. The Morgan fingerprint density at radius 3 is 2.45 bits per heavy atom. The Bertz CT molecular complexity index is 1450. The molecule has 3 aromatic carbocycles. The maximum atomic E-state index is 15.1. The van der Waals surface area contributed by atoms with Crippen molar-refractivity contribution >= 4 is 5.91 Å². The van der Waals surface area contributed by atoms with Crippen molar-refractivity contribution in [3.63, 3.8) is 0 Å². The standard InChI is InChI=1S/C30H29F2NO7/c1-35-19-6-9-21-20(13-19)28(18(14-38-21)10-16-4-7-22(36-2)24(11-16)37-3)33-29(34)27-26(30(27,31)32)17-5-8-23-25(12-17)40-15-39-23/h4-9,11-13,18,26-28H,10,14-15H2,1-3H3,(H,33,34). The Morgan fingerprint density at radius 1 is 0.900 bits per heavy atom. The van der Waals surface area contributed by atoms with Gasteiger partial charge in [0.1, 0.15) is 17.4 Å². The molecule has 10 heteroatoms. The van der Waals surface area contributed by atoms with Crippen LogP contribution in [-0.4, -0.2) is 46.6 Å². The summed E-state index contributed by atoms with van der Waals surface area (Å²) in [5, 5.41) is 2.95. The molecular formula is C30H29F2NO7. The number of hydrogen-bond donors (Lipinski definition) is 1. The maximum absolute atomic E-state index is 15.1. The van der Waals surface area contributed by atoms with Crippen molar-refractivity contribution in [3.05, 3.63) is 71.3 Å². The van der Waals surface area contributed by atoms with E-state index in [1.54, 1.807) is 51.7 Å². The minimum atomic E-state index is -3.20. The Kier molecular flexibility index (Phi) is 6.56. The number of nitrogens with one attached hydrogen (secondary N) is 1. The van der Waals surface area contributed by atoms with E-state index in [1.807, 2.05) is 18.2 Å². The molecule has 1 saturated carbocycles. The molecule has 0 saturated heterocycles. The van der Waals surface area contributed by atoms with Crippen LogP contribution in [0.4, 0.5) is 8.78 Å². The van der Waals surface area contributed by atoms with Gasteiger partial charge in [-0.15, -0.1) is 0 Å². The monoisotopic (exact) mass is 553 g/mol. The first-order chi connectivity index (χ1) is 19.3. The second-order valence-electron chi connectivity index (χ2n) is 10.1. The molecule has 40 heavy (non-hydrogen) atoms. The maximum Gasteiger partial charge on any atom is 0.268 e. The van der Waals surface area contributed by atoms with Crippen LogP contribution < -0.4 is 33.7 Å². The molecule has 1 fully saturated rings. The number of amides is 1. The normalized spacial score (nSPS) is 23.4. The SMILES string of the molecule is COc1ccc2c(c1)C(NC(=O)C1C(c3ccc4c(c3)OCO4)C1(F)F)C(Cc1ccc(OC)c(OC)c1)CO2. The predicted octanol–water partition coefficient (Wildman–Crippen LogP) is 4.90. The smallest absolute Gasteiger partial charge is 0.268 e. The van der Waals surface area contributed by atoms with Crippen LogP contribution in [0.1, 0.15) is 28.7 Å². The fourth-order valence-electron chi connectivity index (χ4n) is 5.68. The number of methoxy groups -OCH3 is 3. The molecule has 0 aromatic heterocycles. The summed E-state index contributed by atoms with van der Waals surface area (Å²) < 4.78 is 63.1. The number of fused-ring (bicyclic) bond motifs is 2. The third kappa shape index (κ3) is 4.51. The van der Waals surface area contributed by atoms with Crippen molar-refractivity contribution < 1.29 is 42.0 Å². The second-order valence-corrected chi connectivity index (χ2v) is 10.1. The molecule has 2 aliphatic heterocycles. The van der Waals surface area contributed by atoms with Gasteiger partial charge in [-0.3, -0.25) is 4.79 Å². The molecule has 0 bridgehead atoms. The van der Waals surface area contributed by atoms with Crippen LogP contribution in [0.3, 0.4) is 0 Å². The van der Waals surface area contributed by atoms with Gasteiger partial charge in [0, 0.05) is 11.5 Å². The summed E-state index contributed by atoms with van der Waals surface area (Å²) >= 11 is 0. The quantitative estimate of drug-likeness (QED) is 0.425. The Hall–Kier alpha value is -4.21. The summed E-state index contributed by atoms with van der Waals surface area (Å²) in [6.45, 7) is 0.323. The van der Waals surface area contributed by atoms with E-state index in [2.05, 4.69) is 5.32 Å². The Labute approximate surface area is 230 Å². The highest BCUT2D eigenvalue weighted by Crippen LogP contribution is 2.62. The first kappa shape index (κ1) is 26.0. The Morgan fingerprint density at radius 2 is 1.68 bits per heavy atom. The minimum absolute atomic E-state index is 0.0395. The van der Waals surface area contributed by atoms with Crippen molar-refractivity contribution in [2.24, 2.45) is 11.8 Å². The molecule has 1 amide bonds. The van der Waals surface area contributed by atoms with Crippen LogP contribution >= 0.6 is 0 Å². The summed E-state index contributed by atoms with van der Waals surface area (Å²) in [6.07, 6.45) is 0.495. The molecule has 4 unspecified atom stereocenters. The van der Waals surface area contributed by atoms with Crippen molar-refractivity contribution in [3.8, 4) is 34.5 Å². The summed E-state index contributed by atoms with van der Waals surface area (Å²) in [5.41, 5.74) is 1.94. The predicted molar refractivity (Wildman–Crippen MR) is 140 cm³/mol. The highest BCUT2D eigenvalue weighted by atomic mass is 19.3. The number of carbonyl (C=O) groups excluding carboxylic acids is 1. The van der Waals surface area contributed by atoms with Crippen molar-refractivity contribution in [1.29, 1.82) is 0 Å². The van der Waals surface area contributed by atoms with Crippen molar-refractivity contribution in [1.82, 2.24) is 5.32 Å². The van der Waals surface area contributed by atoms with E-state index in [0.717, 1.165) is 5.56 Å². The fourth-order valence-corrected chi connectivity index (χ4v) is 5.68. The summed E-state index contributed by atoms with van der Waals surface area (Å²) in [6, 6.07) is 15.0. The molecule has 210 valence electrons. The first-order valence-electron chi connectivity index (χ1n) is 12.9. The van der Waals surface area contributed by atoms with E-state index in [1.165, 1.54) is 6.07 Å². The molecule has 3 aromatic rings. The molecule has 3 aliphatic rings. The number of rotatable bonds is 8. The zero-order valence-electron chi connectivity index (χ0n) is 22.2. The van der Waals surface area contributed by atoms with Gasteiger partial charge >= 0.3 is 0 Å². The van der Waals surface area contributed by atoms with Crippen LogP contribution in [0, 0.1) is 11.8 Å². The van der Waals surface area contributed by atoms with Gasteiger partial charge in [0.2, 0.25) is 12.7 Å². The van der Waals surface area contributed by atoms with Crippen LogP contribution in [-0.2, 0) is 11.2 Å². The van der Waals surface area contributed by atoms with Crippen LogP contribution in [0.15, 0.2) is 54.6 Å². The fraction of sp³-hybridized carbons (Fsp3) is 0.367. The van der Waals surface area contributed by atoms with Crippen molar-refractivity contribution in [2.75, 3.05) is 34.7 Å². The third-order valence-corrected chi connectivity index (χ3v) is 7.81. The largest absolute Gasteiger partial charge is 0.497 e. The van der Waals surface area contributed by atoms with E-state index in [-0.39, 0.29) is 19.3 Å². The van der Waals surface area contributed by atoms with Gasteiger partial charge in [-0.2, -0.15) is 0 Å². The Balaban J connectivity index is 1.28. The number of alkyl halides is 2. The number of halogens is 2. The summed E-state index contributed by atoms with van der Waals surface area (Å²) in [4.78, 5) is 13.5. The summed E-state index contributed by atoms with van der Waals surface area (Å²) in [7, 11) is 4.66. The lowest BCUT2D eigenvalue weighted by atomic mass is 9.85. The zero-order valence-corrected chi connectivity index (χ0v) is 22.2. The lowest BCUT2D eigenvalue weighted by Crippen LogP contribution is -2.41. The van der Waals surface area contributed by atoms with Crippen LogP contribution in [0.2, 0.25) is 0 Å². The zero-order chi connectivity index (χ0) is 28.0. The highest BCUT2D eigenvalue weighted by molar-refractivity contribution is 5.86. The number of carbonyl (C=O) groups is 1. The lowest BCUT2D eigenvalue weighted by Gasteiger charge is -2.34. The van der Waals surface area contributed by atoms with Gasteiger partial charge in [0.25, 0.3) is 5.92 Å². The highest BCUT2D eigenvalue weighted by Gasteiger charge is 2.72. The van der Waals surface area contributed by atoms with Crippen LogP contribution in [0.5, 0.6) is 34.5 Å². The van der Waals surface area contributed by atoms with E-state index in [9.17, 15) is 4.79 Å². The van der Waals surface area contributed by atoms with E-state index in [4.69, 9.17) is 28.4 Å². The molecule has 0 spiro atoms. The van der Waals surface area contributed by atoms with Gasteiger partial charge in [-0.1, -0.05) is 12.1 Å². The molecule has 1 N–H and O–H groups in total.